The van der Waals surface area contributed by atoms with Crippen LogP contribution < -0.4 is 5.32 Å². The molecule has 0 saturated heterocycles. The van der Waals surface area contributed by atoms with Crippen molar-refractivity contribution in [1.82, 2.24) is 5.32 Å². The normalized spacial score (nSPS) is 19.5. The first-order valence-electron chi connectivity index (χ1n) is 5.55. The lowest BCUT2D eigenvalue weighted by molar-refractivity contribution is 0.445. The largest absolute Gasteiger partial charge is 0.317 e. The highest BCUT2D eigenvalue weighted by Gasteiger charge is 2.29. The molecular weight excluding hydrogens is 146 g/mol. The van der Waals surface area contributed by atoms with Gasteiger partial charge in [0, 0.05) is 6.04 Å². The van der Waals surface area contributed by atoms with Gasteiger partial charge in [-0.2, -0.15) is 0 Å². The van der Waals surface area contributed by atoms with Gasteiger partial charge in [0.25, 0.3) is 0 Å². The van der Waals surface area contributed by atoms with E-state index in [9.17, 15) is 0 Å². The quantitative estimate of drug-likeness (QED) is 0.578. The minimum atomic E-state index is 0.835. The molecule has 0 heterocycles. The van der Waals surface area contributed by atoms with Crippen molar-refractivity contribution in [3.8, 4) is 0 Å². The molecule has 1 rings (SSSR count). The number of nitrogens with one attached hydrogen (secondary N) is 1. The predicted molar refractivity (Wildman–Crippen MR) is 54.3 cm³/mol. The number of unbranched alkanes of at least 4 members (excludes halogenated alkanes) is 3. The van der Waals surface area contributed by atoms with Crippen molar-refractivity contribution in [2.24, 2.45) is 5.92 Å². The summed E-state index contributed by atoms with van der Waals surface area (Å²) in [6.45, 7) is 2.27. The third-order valence-electron chi connectivity index (χ3n) is 2.93. The van der Waals surface area contributed by atoms with E-state index in [0.717, 1.165) is 12.0 Å². The Morgan fingerprint density at radius 1 is 1.25 bits per heavy atom. The maximum atomic E-state index is 3.44. The third-order valence-corrected chi connectivity index (χ3v) is 2.93. The average Bonchev–Trinajstić information content (AvgIpc) is 2.88. The van der Waals surface area contributed by atoms with E-state index in [0.29, 0.717) is 0 Å². The summed E-state index contributed by atoms with van der Waals surface area (Å²) in [6.07, 6.45) is 9.98. The summed E-state index contributed by atoms with van der Waals surface area (Å²) in [5, 5.41) is 3.44. The maximum absolute atomic E-state index is 3.44. The fraction of sp³-hybridized carbons (Fsp3) is 1.00. The Morgan fingerprint density at radius 3 is 2.50 bits per heavy atom. The molecule has 1 aliphatic carbocycles. The molecule has 1 saturated carbocycles. The van der Waals surface area contributed by atoms with Gasteiger partial charge in [-0.05, 0) is 32.2 Å². The molecule has 0 radical (unpaired) electrons. The van der Waals surface area contributed by atoms with Crippen LogP contribution in [-0.4, -0.2) is 13.1 Å². The molecule has 0 spiro atoms. The Labute approximate surface area is 76.9 Å². The molecule has 1 atom stereocenters. The Hall–Kier alpha value is -0.0400. The summed E-state index contributed by atoms with van der Waals surface area (Å²) in [5.74, 6) is 1.02. The molecule has 0 amide bonds. The number of hydrogen-bond acceptors (Lipinski definition) is 1. The first kappa shape index (κ1) is 10.0. The van der Waals surface area contributed by atoms with Gasteiger partial charge in [0.05, 0.1) is 0 Å². The van der Waals surface area contributed by atoms with E-state index in [1.54, 1.807) is 0 Å². The molecule has 1 aliphatic rings. The van der Waals surface area contributed by atoms with Gasteiger partial charge in [-0.25, -0.2) is 0 Å². The van der Waals surface area contributed by atoms with E-state index in [2.05, 4.69) is 19.3 Å². The molecule has 0 aromatic rings. The first-order chi connectivity index (χ1) is 5.88. The van der Waals surface area contributed by atoms with Crippen molar-refractivity contribution >= 4 is 0 Å². The Morgan fingerprint density at radius 2 is 2.00 bits per heavy atom. The summed E-state index contributed by atoms with van der Waals surface area (Å²) in [4.78, 5) is 0. The van der Waals surface area contributed by atoms with Gasteiger partial charge in [-0.15, -0.1) is 0 Å². The van der Waals surface area contributed by atoms with Gasteiger partial charge in [-0.3, -0.25) is 0 Å². The van der Waals surface area contributed by atoms with Crippen LogP contribution in [0.4, 0.5) is 0 Å². The van der Waals surface area contributed by atoms with Crippen LogP contribution in [0.3, 0.4) is 0 Å². The predicted octanol–water partition coefficient (Wildman–Crippen LogP) is 2.95. The molecule has 1 fully saturated rings. The van der Waals surface area contributed by atoms with E-state index in [4.69, 9.17) is 0 Å². The molecule has 0 aromatic carbocycles. The molecule has 0 aromatic heterocycles. The van der Waals surface area contributed by atoms with Gasteiger partial charge in [0.1, 0.15) is 0 Å². The zero-order valence-electron chi connectivity index (χ0n) is 8.60. The summed E-state index contributed by atoms with van der Waals surface area (Å²) in [5.41, 5.74) is 0. The van der Waals surface area contributed by atoms with Crippen LogP contribution in [0.5, 0.6) is 0 Å². The molecule has 0 aliphatic heterocycles. The monoisotopic (exact) mass is 169 g/mol. The lowest BCUT2D eigenvalue weighted by Crippen LogP contribution is -2.27. The summed E-state index contributed by atoms with van der Waals surface area (Å²) >= 11 is 0. The van der Waals surface area contributed by atoms with E-state index in [1.165, 1.54) is 44.9 Å². The number of rotatable bonds is 7. The maximum Gasteiger partial charge on any atom is 0.00923 e. The van der Waals surface area contributed by atoms with E-state index in [-0.39, 0.29) is 0 Å². The fourth-order valence-electron chi connectivity index (χ4n) is 1.91. The van der Waals surface area contributed by atoms with Crippen molar-refractivity contribution in [3.63, 3.8) is 0 Å². The molecule has 72 valence electrons. The molecule has 1 nitrogen and oxygen atoms in total. The summed E-state index contributed by atoms with van der Waals surface area (Å²) in [6, 6.07) is 0.835. The highest BCUT2D eigenvalue weighted by molar-refractivity contribution is 4.85. The lowest BCUT2D eigenvalue weighted by Gasteiger charge is -2.14. The van der Waals surface area contributed by atoms with E-state index < -0.39 is 0 Å². The SMILES string of the molecule is CCCCCCC(NC)C1CC1. The zero-order chi connectivity index (χ0) is 8.81. The average molecular weight is 169 g/mol. The first-order valence-corrected chi connectivity index (χ1v) is 5.55. The van der Waals surface area contributed by atoms with Gasteiger partial charge < -0.3 is 5.32 Å². The van der Waals surface area contributed by atoms with Crippen LogP contribution in [0.15, 0.2) is 0 Å². The number of hydrogen-bond donors (Lipinski definition) is 1. The molecular formula is C11H23N. The topological polar surface area (TPSA) is 12.0 Å². The van der Waals surface area contributed by atoms with Crippen LogP contribution >= 0.6 is 0 Å². The fourth-order valence-corrected chi connectivity index (χ4v) is 1.91. The van der Waals surface area contributed by atoms with Gasteiger partial charge >= 0.3 is 0 Å². The minimum absolute atomic E-state index is 0.835. The van der Waals surface area contributed by atoms with Crippen LogP contribution in [0.1, 0.15) is 51.9 Å². The molecule has 0 bridgehead atoms. The molecule has 1 heteroatoms. The molecule has 1 unspecified atom stereocenters. The Bertz CT molecular complexity index is 108. The summed E-state index contributed by atoms with van der Waals surface area (Å²) in [7, 11) is 2.11. The highest BCUT2D eigenvalue weighted by atomic mass is 14.9. The van der Waals surface area contributed by atoms with Crippen LogP contribution in [0.25, 0.3) is 0 Å². The Balaban J connectivity index is 1.95. The smallest absolute Gasteiger partial charge is 0.00923 e. The zero-order valence-corrected chi connectivity index (χ0v) is 8.60. The van der Waals surface area contributed by atoms with Crippen LogP contribution in [0.2, 0.25) is 0 Å². The second kappa shape index (κ2) is 5.58. The van der Waals surface area contributed by atoms with Crippen molar-refractivity contribution in [2.45, 2.75) is 57.9 Å². The van der Waals surface area contributed by atoms with E-state index in [1.807, 2.05) is 0 Å². The third kappa shape index (κ3) is 3.57. The highest BCUT2D eigenvalue weighted by Crippen LogP contribution is 2.34. The van der Waals surface area contributed by atoms with Crippen LogP contribution in [0, 0.1) is 5.92 Å². The van der Waals surface area contributed by atoms with Gasteiger partial charge in [0.15, 0.2) is 0 Å². The molecule has 1 N–H and O–H groups in total. The minimum Gasteiger partial charge on any atom is -0.317 e. The standard InChI is InChI=1S/C11H23N/c1-3-4-5-6-7-11(12-2)10-8-9-10/h10-12H,3-9H2,1-2H3. The second-order valence-corrected chi connectivity index (χ2v) is 4.08. The van der Waals surface area contributed by atoms with Crippen molar-refractivity contribution in [2.75, 3.05) is 7.05 Å². The van der Waals surface area contributed by atoms with Gasteiger partial charge in [0.2, 0.25) is 0 Å². The van der Waals surface area contributed by atoms with Crippen molar-refractivity contribution < 1.29 is 0 Å². The van der Waals surface area contributed by atoms with Crippen LogP contribution in [-0.2, 0) is 0 Å². The molecule has 12 heavy (non-hydrogen) atoms. The lowest BCUT2D eigenvalue weighted by atomic mass is 10.0. The second-order valence-electron chi connectivity index (χ2n) is 4.08. The van der Waals surface area contributed by atoms with E-state index >= 15 is 0 Å². The van der Waals surface area contributed by atoms with Crippen molar-refractivity contribution in [3.05, 3.63) is 0 Å². The summed E-state index contributed by atoms with van der Waals surface area (Å²) < 4.78 is 0. The van der Waals surface area contributed by atoms with Crippen molar-refractivity contribution in [1.29, 1.82) is 0 Å². The Kier molecular flexibility index (Phi) is 4.67. The van der Waals surface area contributed by atoms with Gasteiger partial charge in [-0.1, -0.05) is 32.6 Å².